The summed E-state index contributed by atoms with van der Waals surface area (Å²) < 4.78 is 5.29. The fourth-order valence-electron chi connectivity index (χ4n) is 0.738. The highest BCUT2D eigenvalue weighted by atomic mass is 16.5. The van der Waals surface area contributed by atoms with Gasteiger partial charge >= 0.3 is 0 Å². The van der Waals surface area contributed by atoms with Gasteiger partial charge in [-0.3, -0.25) is 0 Å². The third-order valence-electron chi connectivity index (χ3n) is 1.88. The molecule has 0 heterocycles. The number of hydrogen-bond donors (Lipinski definition) is 0. The monoisotopic (exact) mass is 174 g/mol. The molecular weight excluding hydrogens is 148 g/mol. The second-order valence-electron chi connectivity index (χ2n) is 3.90. The molecule has 0 fully saturated rings. The van der Waals surface area contributed by atoms with Gasteiger partial charge in [-0.1, -0.05) is 27.7 Å². The van der Waals surface area contributed by atoms with Crippen LogP contribution in [0.3, 0.4) is 0 Å². The highest BCUT2D eigenvalue weighted by Gasteiger charge is 2.15. The summed E-state index contributed by atoms with van der Waals surface area (Å²) in [6.45, 7) is 12.8. The van der Waals surface area contributed by atoms with Gasteiger partial charge < -0.3 is 4.74 Å². The second-order valence-corrected chi connectivity index (χ2v) is 3.90. The Morgan fingerprint density at radius 1 is 1.17 bits per heavy atom. The summed E-state index contributed by atoms with van der Waals surface area (Å²) in [5.41, 5.74) is 0.0737. The van der Waals surface area contributed by atoms with Crippen LogP contribution in [0.1, 0.15) is 54.4 Å². The van der Waals surface area contributed by atoms with Crippen LogP contribution in [0.5, 0.6) is 0 Å². The van der Waals surface area contributed by atoms with E-state index in [1.807, 2.05) is 13.8 Å². The average Bonchev–Trinajstić information content (AvgIpc) is 2.05. The Kier molecular flexibility index (Phi) is 9.17. The minimum atomic E-state index is 0.0737. The molecule has 0 unspecified atom stereocenters. The molecule has 0 aromatic carbocycles. The lowest BCUT2D eigenvalue weighted by Gasteiger charge is -2.23. The molecule has 0 N–H and O–H groups in total. The Morgan fingerprint density at radius 2 is 1.58 bits per heavy atom. The topological polar surface area (TPSA) is 9.23 Å². The van der Waals surface area contributed by atoms with E-state index in [0.29, 0.717) is 0 Å². The Labute approximate surface area is 78.5 Å². The van der Waals surface area contributed by atoms with E-state index in [2.05, 4.69) is 27.7 Å². The largest absolute Gasteiger partial charge is 0.379 e. The summed E-state index contributed by atoms with van der Waals surface area (Å²) in [6.07, 6.45) is 2.40. The minimum absolute atomic E-state index is 0.0737. The first-order chi connectivity index (χ1) is 5.48. The van der Waals surface area contributed by atoms with E-state index < -0.39 is 0 Å². The van der Waals surface area contributed by atoms with Gasteiger partial charge in [-0.05, 0) is 32.6 Å². The standard InChI is InChI=1S/C9H20O.C2H6/c1-8(2)6-7-9(3,4)10-5;1-2/h8H,6-7H2,1-5H3;1-2H3. The highest BCUT2D eigenvalue weighted by Crippen LogP contribution is 2.18. The van der Waals surface area contributed by atoms with E-state index in [1.165, 1.54) is 6.42 Å². The van der Waals surface area contributed by atoms with Gasteiger partial charge in [0.25, 0.3) is 0 Å². The van der Waals surface area contributed by atoms with Gasteiger partial charge in [0.2, 0.25) is 0 Å². The van der Waals surface area contributed by atoms with Gasteiger partial charge in [-0.2, -0.15) is 0 Å². The Morgan fingerprint density at radius 3 is 1.83 bits per heavy atom. The van der Waals surface area contributed by atoms with Crippen LogP contribution in [0.2, 0.25) is 0 Å². The number of hydrogen-bond acceptors (Lipinski definition) is 1. The van der Waals surface area contributed by atoms with Gasteiger partial charge in [0.05, 0.1) is 5.60 Å². The molecule has 12 heavy (non-hydrogen) atoms. The normalized spacial score (nSPS) is 11.0. The molecule has 0 amide bonds. The van der Waals surface area contributed by atoms with E-state index in [0.717, 1.165) is 12.3 Å². The Hall–Kier alpha value is -0.0400. The van der Waals surface area contributed by atoms with Gasteiger partial charge in [-0.25, -0.2) is 0 Å². The Bertz CT molecular complexity index is 85.0. The predicted molar refractivity (Wildman–Crippen MR) is 56.5 cm³/mol. The van der Waals surface area contributed by atoms with Crippen molar-refractivity contribution in [1.82, 2.24) is 0 Å². The van der Waals surface area contributed by atoms with Crippen LogP contribution in [-0.4, -0.2) is 12.7 Å². The first-order valence-corrected chi connectivity index (χ1v) is 5.03. The van der Waals surface area contributed by atoms with Crippen molar-refractivity contribution in [2.45, 2.75) is 60.0 Å². The number of methoxy groups -OCH3 is 1. The lowest BCUT2D eigenvalue weighted by atomic mass is 9.97. The van der Waals surface area contributed by atoms with Crippen molar-refractivity contribution < 1.29 is 4.74 Å². The zero-order valence-corrected chi connectivity index (χ0v) is 9.90. The molecule has 0 aliphatic heterocycles. The van der Waals surface area contributed by atoms with Crippen molar-refractivity contribution in [2.24, 2.45) is 5.92 Å². The van der Waals surface area contributed by atoms with Crippen molar-refractivity contribution in [3.05, 3.63) is 0 Å². The number of rotatable bonds is 4. The van der Waals surface area contributed by atoms with Gasteiger partial charge in [0.1, 0.15) is 0 Å². The molecule has 0 bridgehead atoms. The van der Waals surface area contributed by atoms with Crippen molar-refractivity contribution in [3.8, 4) is 0 Å². The van der Waals surface area contributed by atoms with E-state index in [4.69, 9.17) is 4.74 Å². The SMILES string of the molecule is CC.COC(C)(C)CCC(C)C. The van der Waals surface area contributed by atoms with Gasteiger partial charge in [0, 0.05) is 7.11 Å². The zero-order chi connectivity index (χ0) is 10.2. The first-order valence-electron chi connectivity index (χ1n) is 5.03. The van der Waals surface area contributed by atoms with Crippen molar-refractivity contribution in [2.75, 3.05) is 7.11 Å². The van der Waals surface area contributed by atoms with E-state index in [1.54, 1.807) is 7.11 Å². The van der Waals surface area contributed by atoms with Crippen molar-refractivity contribution in [3.63, 3.8) is 0 Å². The molecule has 0 rings (SSSR count). The smallest absolute Gasteiger partial charge is 0.0622 e. The van der Waals surface area contributed by atoms with Crippen LogP contribution < -0.4 is 0 Å². The summed E-state index contributed by atoms with van der Waals surface area (Å²) in [7, 11) is 1.78. The zero-order valence-electron chi connectivity index (χ0n) is 9.90. The minimum Gasteiger partial charge on any atom is -0.379 e. The molecule has 0 aliphatic carbocycles. The highest BCUT2D eigenvalue weighted by molar-refractivity contribution is 4.67. The van der Waals surface area contributed by atoms with E-state index in [9.17, 15) is 0 Å². The predicted octanol–water partition coefficient (Wildman–Crippen LogP) is 3.87. The molecule has 0 radical (unpaired) electrons. The second kappa shape index (κ2) is 7.60. The van der Waals surface area contributed by atoms with Gasteiger partial charge in [-0.15, -0.1) is 0 Å². The van der Waals surface area contributed by atoms with E-state index >= 15 is 0 Å². The quantitative estimate of drug-likeness (QED) is 0.628. The molecule has 1 nitrogen and oxygen atoms in total. The number of ether oxygens (including phenoxy) is 1. The Balaban J connectivity index is 0. The van der Waals surface area contributed by atoms with Crippen LogP contribution in [0.15, 0.2) is 0 Å². The summed E-state index contributed by atoms with van der Waals surface area (Å²) in [6, 6.07) is 0. The average molecular weight is 174 g/mol. The molecule has 0 spiro atoms. The van der Waals surface area contributed by atoms with Crippen LogP contribution in [0.25, 0.3) is 0 Å². The van der Waals surface area contributed by atoms with Crippen molar-refractivity contribution in [1.29, 1.82) is 0 Å². The molecule has 0 aromatic rings. The fourth-order valence-corrected chi connectivity index (χ4v) is 0.738. The molecule has 0 aliphatic rings. The first kappa shape index (κ1) is 14.5. The van der Waals surface area contributed by atoms with Crippen LogP contribution in [-0.2, 0) is 4.74 Å². The molecule has 1 heteroatoms. The third kappa shape index (κ3) is 9.96. The summed E-state index contributed by atoms with van der Waals surface area (Å²) in [5, 5.41) is 0. The van der Waals surface area contributed by atoms with Crippen molar-refractivity contribution >= 4 is 0 Å². The molecule has 0 saturated carbocycles. The molecule has 0 saturated heterocycles. The lowest BCUT2D eigenvalue weighted by molar-refractivity contribution is 0.0113. The lowest BCUT2D eigenvalue weighted by Crippen LogP contribution is -2.22. The molecular formula is C11H26O. The maximum Gasteiger partial charge on any atom is 0.0622 e. The fraction of sp³-hybridized carbons (Fsp3) is 1.00. The summed E-state index contributed by atoms with van der Waals surface area (Å²) in [4.78, 5) is 0. The van der Waals surface area contributed by atoms with E-state index in [-0.39, 0.29) is 5.60 Å². The van der Waals surface area contributed by atoms with Crippen LogP contribution in [0, 0.1) is 5.92 Å². The molecule has 0 aromatic heterocycles. The summed E-state index contributed by atoms with van der Waals surface area (Å²) in [5.74, 6) is 0.787. The third-order valence-corrected chi connectivity index (χ3v) is 1.88. The molecule has 76 valence electrons. The maximum absolute atomic E-state index is 5.29. The molecule has 0 atom stereocenters. The van der Waals surface area contributed by atoms with Crippen LogP contribution in [0.4, 0.5) is 0 Å². The van der Waals surface area contributed by atoms with Gasteiger partial charge in [0.15, 0.2) is 0 Å². The maximum atomic E-state index is 5.29. The summed E-state index contributed by atoms with van der Waals surface area (Å²) >= 11 is 0. The van der Waals surface area contributed by atoms with Crippen LogP contribution >= 0.6 is 0 Å².